The van der Waals surface area contributed by atoms with Crippen molar-refractivity contribution < 1.29 is 14.3 Å². The van der Waals surface area contributed by atoms with E-state index in [1.54, 1.807) is 38.1 Å². The molecule has 0 aliphatic heterocycles. The van der Waals surface area contributed by atoms with E-state index in [9.17, 15) is 9.59 Å². The van der Waals surface area contributed by atoms with Crippen molar-refractivity contribution in [1.82, 2.24) is 0 Å². The van der Waals surface area contributed by atoms with Crippen LogP contribution in [0.1, 0.15) is 19.4 Å². The molecule has 0 spiro atoms. The normalized spacial score (nSPS) is 9.11. The van der Waals surface area contributed by atoms with Crippen LogP contribution in [0, 0.1) is 11.3 Å². The summed E-state index contributed by atoms with van der Waals surface area (Å²) in [6.45, 7) is 3.18. The predicted octanol–water partition coefficient (Wildman–Crippen LogP) is 2.01. The van der Waals surface area contributed by atoms with Crippen LogP contribution in [0.15, 0.2) is 35.9 Å². The van der Waals surface area contributed by atoms with Gasteiger partial charge in [0.05, 0.1) is 11.6 Å². The lowest BCUT2D eigenvalue weighted by atomic mass is 10.2. The quantitative estimate of drug-likeness (QED) is 0.661. The van der Waals surface area contributed by atoms with E-state index in [2.05, 4.69) is 5.32 Å². The maximum atomic E-state index is 11.5. The largest absolute Gasteiger partial charge is 0.452 e. The number of benzene rings is 1. The molecule has 0 aromatic heterocycles. The number of nitrogens with zero attached hydrogens (tertiary/aromatic N) is 1. The van der Waals surface area contributed by atoms with E-state index in [0.29, 0.717) is 11.3 Å². The summed E-state index contributed by atoms with van der Waals surface area (Å²) >= 11 is 0. The number of hydrogen-bond acceptors (Lipinski definition) is 4. The van der Waals surface area contributed by atoms with E-state index in [4.69, 9.17) is 10.00 Å². The standard InChI is InChI=1S/C14H14N2O3/c1-10(2)7-14(18)19-9-13(17)16-12-5-3-11(8-15)4-6-12/h3-7H,9H2,1-2H3,(H,16,17). The van der Waals surface area contributed by atoms with Gasteiger partial charge < -0.3 is 10.1 Å². The highest BCUT2D eigenvalue weighted by atomic mass is 16.5. The minimum absolute atomic E-state index is 0.345. The fourth-order valence-corrected chi connectivity index (χ4v) is 1.24. The number of ether oxygens (including phenoxy) is 1. The van der Waals surface area contributed by atoms with Gasteiger partial charge in [0.1, 0.15) is 0 Å². The summed E-state index contributed by atoms with van der Waals surface area (Å²) in [5.74, 6) is -0.977. The fraction of sp³-hybridized carbons (Fsp3) is 0.214. The van der Waals surface area contributed by atoms with Crippen LogP contribution in [0.2, 0.25) is 0 Å². The minimum atomic E-state index is -0.546. The highest BCUT2D eigenvalue weighted by molar-refractivity contribution is 5.93. The van der Waals surface area contributed by atoms with Crippen LogP contribution in [0.25, 0.3) is 0 Å². The van der Waals surface area contributed by atoms with Crippen molar-refractivity contribution in [2.24, 2.45) is 0 Å². The maximum absolute atomic E-state index is 11.5. The first-order valence-electron chi connectivity index (χ1n) is 5.63. The Balaban J connectivity index is 2.45. The number of carbonyl (C=O) groups excluding carboxylic acids is 2. The molecule has 0 saturated carbocycles. The van der Waals surface area contributed by atoms with E-state index in [1.807, 2.05) is 6.07 Å². The Kier molecular flexibility index (Phi) is 5.30. The first-order chi connectivity index (χ1) is 9.01. The Morgan fingerprint density at radius 2 is 1.95 bits per heavy atom. The fourth-order valence-electron chi connectivity index (χ4n) is 1.24. The first-order valence-corrected chi connectivity index (χ1v) is 5.63. The van der Waals surface area contributed by atoms with E-state index >= 15 is 0 Å². The number of hydrogen-bond donors (Lipinski definition) is 1. The van der Waals surface area contributed by atoms with Gasteiger partial charge in [0.2, 0.25) is 0 Å². The third-order valence-electron chi connectivity index (χ3n) is 2.05. The predicted molar refractivity (Wildman–Crippen MR) is 70.2 cm³/mol. The zero-order valence-corrected chi connectivity index (χ0v) is 10.8. The molecule has 5 nitrogen and oxygen atoms in total. The molecule has 0 unspecified atom stereocenters. The number of nitriles is 1. The van der Waals surface area contributed by atoms with Crippen molar-refractivity contribution in [2.75, 3.05) is 11.9 Å². The molecule has 0 aliphatic carbocycles. The van der Waals surface area contributed by atoms with Crippen LogP contribution >= 0.6 is 0 Å². The Bertz CT molecular complexity index is 535. The van der Waals surface area contributed by atoms with E-state index in [0.717, 1.165) is 5.57 Å². The summed E-state index contributed by atoms with van der Waals surface area (Å²) in [4.78, 5) is 22.7. The summed E-state index contributed by atoms with van der Waals surface area (Å²) in [5.41, 5.74) is 1.85. The van der Waals surface area contributed by atoms with Gasteiger partial charge in [-0.05, 0) is 38.1 Å². The lowest BCUT2D eigenvalue weighted by Gasteiger charge is -2.05. The number of nitrogens with one attached hydrogen (secondary N) is 1. The summed E-state index contributed by atoms with van der Waals surface area (Å²) in [5, 5.41) is 11.2. The molecule has 1 aromatic rings. The SMILES string of the molecule is CC(C)=CC(=O)OCC(=O)Nc1ccc(C#N)cc1. The maximum Gasteiger partial charge on any atom is 0.331 e. The van der Waals surface area contributed by atoms with Crippen LogP contribution in [0.5, 0.6) is 0 Å². The molecule has 0 saturated heterocycles. The second-order valence-electron chi connectivity index (χ2n) is 4.07. The van der Waals surface area contributed by atoms with Gasteiger partial charge in [0.15, 0.2) is 6.61 Å². The smallest absolute Gasteiger partial charge is 0.331 e. The summed E-state index contributed by atoms with van der Waals surface area (Å²) < 4.78 is 4.75. The third kappa shape index (κ3) is 5.50. The minimum Gasteiger partial charge on any atom is -0.452 e. The highest BCUT2D eigenvalue weighted by Crippen LogP contribution is 2.08. The van der Waals surface area contributed by atoms with Crippen LogP contribution in [0.3, 0.4) is 0 Å². The molecule has 1 amide bonds. The summed E-state index contributed by atoms with van der Waals surface area (Å²) in [6, 6.07) is 8.36. The number of allylic oxidation sites excluding steroid dienone is 1. The molecular formula is C14H14N2O3. The Morgan fingerprint density at radius 1 is 1.32 bits per heavy atom. The summed E-state index contributed by atoms with van der Waals surface area (Å²) in [7, 11) is 0. The van der Waals surface area contributed by atoms with Gasteiger partial charge >= 0.3 is 5.97 Å². The molecule has 1 aromatic carbocycles. The molecule has 0 bridgehead atoms. The average molecular weight is 258 g/mol. The van der Waals surface area contributed by atoms with E-state index in [1.165, 1.54) is 6.08 Å². The monoisotopic (exact) mass is 258 g/mol. The Morgan fingerprint density at radius 3 is 2.47 bits per heavy atom. The molecule has 0 radical (unpaired) electrons. The van der Waals surface area contributed by atoms with Crippen molar-refractivity contribution in [1.29, 1.82) is 5.26 Å². The molecule has 0 fully saturated rings. The first kappa shape index (κ1) is 14.5. The zero-order chi connectivity index (χ0) is 14.3. The van der Waals surface area contributed by atoms with E-state index < -0.39 is 11.9 Å². The summed E-state index contributed by atoms with van der Waals surface area (Å²) in [6.07, 6.45) is 1.31. The number of amides is 1. The third-order valence-corrected chi connectivity index (χ3v) is 2.05. The lowest BCUT2D eigenvalue weighted by molar-refractivity contribution is -0.142. The molecule has 0 heterocycles. The number of carbonyl (C=O) groups is 2. The van der Waals surface area contributed by atoms with Gasteiger partial charge in [-0.25, -0.2) is 4.79 Å². The molecule has 0 atom stereocenters. The van der Waals surface area contributed by atoms with Gasteiger partial charge in [0.25, 0.3) is 5.91 Å². The van der Waals surface area contributed by atoms with Crippen molar-refractivity contribution in [3.8, 4) is 6.07 Å². The number of anilines is 1. The second kappa shape index (κ2) is 6.97. The van der Waals surface area contributed by atoms with Crippen molar-refractivity contribution in [2.45, 2.75) is 13.8 Å². The molecular weight excluding hydrogens is 244 g/mol. The van der Waals surface area contributed by atoms with Crippen molar-refractivity contribution in [3.63, 3.8) is 0 Å². The van der Waals surface area contributed by atoms with Crippen LogP contribution in [-0.4, -0.2) is 18.5 Å². The van der Waals surface area contributed by atoms with Gasteiger partial charge in [-0.1, -0.05) is 5.57 Å². The molecule has 1 N–H and O–H groups in total. The van der Waals surface area contributed by atoms with Crippen LogP contribution in [-0.2, 0) is 14.3 Å². The van der Waals surface area contributed by atoms with Crippen LogP contribution < -0.4 is 5.32 Å². The highest BCUT2D eigenvalue weighted by Gasteiger charge is 2.05. The number of esters is 1. The van der Waals surface area contributed by atoms with Crippen molar-refractivity contribution >= 4 is 17.6 Å². The van der Waals surface area contributed by atoms with Gasteiger partial charge in [0, 0.05) is 11.8 Å². The van der Waals surface area contributed by atoms with Gasteiger partial charge in [-0.2, -0.15) is 5.26 Å². The topological polar surface area (TPSA) is 79.2 Å². The lowest BCUT2D eigenvalue weighted by Crippen LogP contribution is -2.20. The van der Waals surface area contributed by atoms with E-state index in [-0.39, 0.29) is 6.61 Å². The van der Waals surface area contributed by atoms with Crippen molar-refractivity contribution in [3.05, 3.63) is 41.5 Å². The molecule has 98 valence electrons. The van der Waals surface area contributed by atoms with Gasteiger partial charge in [-0.15, -0.1) is 0 Å². The van der Waals surface area contributed by atoms with Gasteiger partial charge in [-0.3, -0.25) is 4.79 Å². The second-order valence-corrected chi connectivity index (χ2v) is 4.07. The molecule has 5 heteroatoms. The molecule has 0 aliphatic rings. The molecule has 1 rings (SSSR count). The molecule has 19 heavy (non-hydrogen) atoms. The zero-order valence-electron chi connectivity index (χ0n) is 10.8. The number of rotatable bonds is 4. The van der Waals surface area contributed by atoms with Crippen LogP contribution in [0.4, 0.5) is 5.69 Å². The Labute approximate surface area is 111 Å². The average Bonchev–Trinajstić information content (AvgIpc) is 2.36. The Hall–Kier alpha value is -2.61.